The molecule has 3 unspecified atom stereocenters. The van der Waals surface area contributed by atoms with Gasteiger partial charge in [-0.3, -0.25) is 9.79 Å². The van der Waals surface area contributed by atoms with Gasteiger partial charge in [-0.15, -0.1) is 0 Å². The van der Waals surface area contributed by atoms with Gasteiger partial charge in [-0.1, -0.05) is 51.5 Å². The molecule has 0 fully saturated rings. The third kappa shape index (κ3) is 2.51. The third-order valence-corrected chi connectivity index (χ3v) is 6.29. The van der Waals surface area contributed by atoms with E-state index in [1.165, 1.54) is 6.21 Å². The molecule has 0 aromatic heterocycles. The van der Waals surface area contributed by atoms with Gasteiger partial charge in [-0.25, -0.2) is 8.78 Å². The van der Waals surface area contributed by atoms with Crippen LogP contribution in [0.4, 0.5) is 8.78 Å². The highest BCUT2D eigenvalue weighted by Gasteiger charge is 2.52. The number of nitrogens with zero attached hydrogens (tertiary/aromatic N) is 1. The fourth-order valence-electron chi connectivity index (χ4n) is 4.82. The largest absolute Gasteiger partial charge is 0.369 e. The number of nitrogens with two attached hydrogens (primary N) is 1. The minimum absolute atomic E-state index is 0.0735. The molecule has 3 nitrogen and oxygen atoms in total. The molecule has 1 aliphatic carbocycles. The number of allylic oxidation sites excluding steroid dienone is 1. The normalized spacial score (nSPS) is 29.6. The minimum Gasteiger partial charge on any atom is -0.369 e. The Morgan fingerprint density at radius 3 is 2.58 bits per heavy atom. The van der Waals surface area contributed by atoms with E-state index in [-0.39, 0.29) is 5.41 Å². The first-order valence-electron chi connectivity index (χ1n) is 9.09. The van der Waals surface area contributed by atoms with Crippen LogP contribution in [0.2, 0.25) is 0 Å². The van der Waals surface area contributed by atoms with Crippen LogP contribution in [-0.2, 0) is 22.0 Å². The van der Waals surface area contributed by atoms with Gasteiger partial charge in [0.25, 0.3) is 6.43 Å². The van der Waals surface area contributed by atoms with E-state index >= 15 is 0 Å². The van der Waals surface area contributed by atoms with E-state index in [1.807, 2.05) is 12.1 Å². The van der Waals surface area contributed by atoms with Crippen LogP contribution >= 0.6 is 0 Å². The van der Waals surface area contributed by atoms with Gasteiger partial charge in [0, 0.05) is 6.21 Å². The summed E-state index contributed by atoms with van der Waals surface area (Å²) in [5, 5.41) is 0. The van der Waals surface area contributed by atoms with E-state index in [0.717, 1.165) is 24.0 Å². The van der Waals surface area contributed by atoms with Crippen LogP contribution in [0.15, 0.2) is 34.8 Å². The number of primary amides is 1. The van der Waals surface area contributed by atoms with Gasteiger partial charge in [0.2, 0.25) is 5.91 Å². The number of rotatable bonds is 4. The molecule has 0 saturated heterocycles. The van der Waals surface area contributed by atoms with E-state index < -0.39 is 23.8 Å². The first kappa shape index (κ1) is 18.7. The predicted molar refractivity (Wildman–Crippen MR) is 99.9 cm³/mol. The Labute approximate surface area is 153 Å². The summed E-state index contributed by atoms with van der Waals surface area (Å²) in [5.74, 6) is -0.379. The Kier molecular flexibility index (Phi) is 4.53. The van der Waals surface area contributed by atoms with Crippen molar-refractivity contribution < 1.29 is 13.6 Å². The average Bonchev–Trinajstić information content (AvgIpc) is 2.84. The van der Waals surface area contributed by atoms with Gasteiger partial charge >= 0.3 is 0 Å². The fourth-order valence-corrected chi connectivity index (χ4v) is 4.82. The lowest BCUT2D eigenvalue weighted by atomic mass is 9.69. The Morgan fingerprint density at radius 1 is 1.35 bits per heavy atom. The molecule has 0 radical (unpaired) electrons. The third-order valence-electron chi connectivity index (χ3n) is 6.29. The first-order chi connectivity index (χ1) is 12.2. The number of amides is 1. The number of benzene rings is 1. The van der Waals surface area contributed by atoms with Crippen LogP contribution in [-0.4, -0.2) is 24.6 Å². The summed E-state index contributed by atoms with van der Waals surface area (Å²) in [6.07, 6.45) is 1.95. The topological polar surface area (TPSA) is 55.5 Å². The molecule has 140 valence electrons. The van der Waals surface area contributed by atoms with Gasteiger partial charge in [-0.05, 0) is 46.9 Å². The molecule has 1 heterocycles. The lowest BCUT2D eigenvalue weighted by molar-refractivity contribution is -0.124. The fraction of sp³-hybridized carbons (Fsp3) is 0.524. The van der Waals surface area contributed by atoms with E-state index in [1.54, 1.807) is 19.1 Å². The summed E-state index contributed by atoms with van der Waals surface area (Å²) in [6, 6.07) is 4.17. The second-order valence-electron chi connectivity index (χ2n) is 8.04. The number of halogens is 2. The van der Waals surface area contributed by atoms with Crippen molar-refractivity contribution in [2.24, 2.45) is 16.6 Å². The lowest BCUT2D eigenvalue weighted by Gasteiger charge is -2.37. The van der Waals surface area contributed by atoms with Gasteiger partial charge in [0.05, 0.1) is 0 Å². The molecular weight excluding hydrogens is 334 g/mol. The van der Waals surface area contributed by atoms with Crippen LogP contribution in [0, 0.1) is 5.92 Å². The Bertz CT molecular complexity index is 797. The zero-order chi connectivity index (χ0) is 19.3. The second kappa shape index (κ2) is 6.29. The number of carbonyl (C=O) groups is 1. The zero-order valence-electron chi connectivity index (χ0n) is 15.7. The number of fused-ring (bicyclic) bond motifs is 1. The van der Waals surface area contributed by atoms with Crippen molar-refractivity contribution in [2.45, 2.75) is 63.8 Å². The summed E-state index contributed by atoms with van der Waals surface area (Å²) in [6.45, 7) is 8.25. The van der Waals surface area contributed by atoms with Gasteiger partial charge in [-0.2, -0.15) is 0 Å². The van der Waals surface area contributed by atoms with Gasteiger partial charge in [0.15, 0.2) is 0 Å². The monoisotopic (exact) mass is 360 g/mol. The number of dihydropyridines is 1. The number of hydrogen-bond donors (Lipinski definition) is 1. The van der Waals surface area contributed by atoms with Crippen molar-refractivity contribution in [2.75, 3.05) is 0 Å². The molecular formula is C21H26F2N2O. The second-order valence-corrected chi connectivity index (χ2v) is 8.04. The van der Waals surface area contributed by atoms with Crippen molar-refractivity contribution in [3.8, 4) is 0 Å². The molecule has 0 saturated carbocycles. The molecule has 1 aromatic rings. The van der Waals surface area contributed by atoms with Crippen LogP contribution in [0.3, 0.4) is 0 Å². The standard InChI is InChI=1S/C21H26F2N2O/c1-5-13-9-14-15(20(13,3)4)7-6-8-16(14)21(19(24)26)10-12(2)11-25-17(21)18(22)23/h6-8,10-11,13,17-18H,5,9H2,1-4H3,(H2,24,26). The maximum atomic E-state index is 13.9. The molecule has 3 atom stereocenters. The smallest absolute Gasteiger partial charge is 0.262 e. The number of hydrogen-bond acceptors (Lipinski definition) is 2. The summed E-state index contributed by atoms with van der Waals surface area (Å²) < 4.78 is 27.8. The molecule has 0 bridgehead atoms. The van der Waals surface area contributed by atoms with Crippen LogP contribution in [0.1, 0.15) is 50.8 Å². The van der Waals surface area contributed by atoms with Crippen LogP contribution in [0.25, 0.3) is 0 Å². The molecule has 2 N–H and O–H groups in total. The predicted octanol–water partition coefficient (Wildman–Crippen LogP) is 3.93. The van der Waals surface area contributed by atoms with Crippen LogP contribution < -0.4 is 5.73 Å². The number of aliphatic imine (C=N–C) groups is 1. The van der Waals surface area contributed by atoms with Crippen molar-refractivity contribution in [1.29, 1.82) is 0 Å². The summed E-state index contributed by atoms with van der Waals surface area (Å²) in [7, 11) is 0. The van der Waals surface area contributed by atoms with Crippen molar-refractivity contribution in [3.05, 3.63) is 46.5 Å². The van der Waals surface area contributed by atoms with E-state index in [4.69, 9.17) is 5.73 Å². The Morgan fingerprint density at radius 2 is 2.00 bits per heavy atom. The summed E-state index contributed by atoms with van der Waals surface area (Å²) in [4.78, 5) is 16.6. The summed E-state index contributed by atoms with van der Waals surface area (Å²) >= 11 is 0. The Hall–Kier alpha value is -2.04. The van der Waals surface area contributed by atoms with Crippen molar-refractivity contribution in [3.63, 3.8) is 0 Å². The van der Waals surface area contributed by atoms with E-state index in [9.17, 15) is 13.6 Å². The molecule has 0 spiro atoms. The maximum absolute atomic E-state index is 13.9. The van der Waals surface area contributed by atoms with E-state index in [0.29, 0.717) is 17.1 Å². The number of alkyl halides is 2. The molecule has 26 heavy (non-hydrogen) atoms. The molecule has 1 aliphatic heterocycles. The molecule has 1 aromatic carbocycles. The average molecular weight is 360 g/mol. The molecule has 5 heteroatoms. The van der Waals surface area contributed by atoms with Crippen LogP contribution in [0.5, 0.6) is 0 Å². The SMILES string of the molecule is CCC1Cc2c(cccc2C2(C(N)=O)C=C(C)C=NC2C(F)F)C1(C)C. The zero-order valence-corrected chi connectivity index (χ0v) is 15.7. The highest BCUT2D eigenvalue weighted by molar-refractivity contribution is 5.95. The molecule has 3 rings (SSSR count). The summed E-state index contributed by atoms with van der Waals surface area (Å²) in [5.41, 5.74) is 7.44. The van der Waals surface area contributed by atoms with Crippen molar-refractivity contribution in [1.82, 2.24) is 0 Å². The molecule has 2 aliphatic rings. The highest BCUT2D eigenvalue weighted by atomic mass is 19.3. The molecule has 1 amide bonds. The quantitative estimate of drug-likeness (QED) is 0.869. The maximum Gasteiger partial charge on any atom is 0.262 e. The van der Waals surface area contributed by atoms with Crippen molar-refractivity contribution >= 4 is 12.1 Å². The number of carbonyl (C=O) groups excluding carboxylic acids is 1. The Balaban J connectivity index is 2.29. The van der Waals surface area contributed by atoms with Gasteiger partial charge < -0.3 is 5.73 Å². The lowest BCUT2D eigenvalue weighted by Crippen LogP contribution is -2.53. The van der Waals surface area contributed by atoms with E-state index in [2.05, 4.69) is 25.8 Å². The highest BCUT2D eigenvalue weighted by Crippen LogP contribution is 2.49. The minimum atomic E-state index is -2.78. The first-order valence-corrected chi connectivity index (χ1v) is 9.09. The van der Waals surface area contributed by atoms with Gasteiger partial charge in [0.1, 0.15) is 11.5 Å².